The van der Waals surface area contributed by atoms with Crippen LogP contribution in [-0.4, -0.2) is 20.7 Å². The van der Waals surface area contributed by atoms with Crippen LogP contribution < -0.4 is 5.32 Å². The number of benzene rings is 2. The molecule has 0 saturated carbocycles. The van der Waals surface area contributed by atoms with E-state index in [0.29, 0.717) is 11.4 Å². The number of amides is 1. The van der Waals surface area contributed by atoms with Gasteiger partial charge in [-0.2, -0.15) is 5.10 Å². The lowest BCUT2D eigenvalue weighted by atomic mass is 10.1. The van der Waals surface area contributed by atoms with Gasteiger partial charge in [-0.15, -0.1) is 0 Å². The van der Waals surface area contributed by atoms with Gasteiger partial charge >= 0.3 is 0 Å². The summed E-state index contributed by atoms with van der Waals surface area (Å²) in [5.41, 5.74) is 2.61. The zero-order valence-electron chi connectivity index (χ0n) is 14.8. The summed E-state index contributed by atoms with van der Waals surface area (Å²) in [6.07, 6.45) is 0. The van der Waals surface area contributed by atoms with Gasteiger partial charge in [0.2, 0.25) is 5.13 Å². The molecule has 4 aromatic rings. The highest BCUT2D eigenvalue weighted by Crippen LogP contribution is 2.28. The van der Waals surface area contributed by atoms with E-state index < -0.39 is 0 Å². The van der Waals surface area contributed by atoms with Crippen molar-refractivity contribution in [3.8, 4) is 5.13 Å². The number of thiazole rings is 1. The Morgan fingerprint density at radius 2 is 1.89 bits per heavy atom. The fourth-order valence-corrected chi connectivity index (χ4v) is 3.69. The first kappa shape index (κ1) is 17.4. The smallest absolute Gasteiger partial charge is 0.276 e. The number of anilines is 1. The van der Waals surface area contributed by atoms with Crippen molar-refractivity contribution < 1.29 is 9.18 Å². The quantitative estimate of drug-likeness (QED) is 0.542. The van der Waals surface area contributed by atoms with Crippen LogP contribution in [0, 0.1) is 5.82 Å². The number of nitrogens with one attached hydrogen (secondary N) is 1. The molecule has 136 valence electrons. The molecule has 4 rings (SSSR count). The molecule has 0 saturated heterocycles. The Morgan fingerprint density at radius 1 is 1.15 bits per heavy atom. The zero-order valence-corrected chi connectivity index (χ0v) is 15.6. The molecule has 7 heteroatoms. The molecule has 0 bridgehead atoms. The summed E-state index contributed by atoms with van der Waals surface area (Å²) in [5, 5.41) is 7.96. The molecule has 5 nitrogen and oxygen atoms in total. The van der Waals surface area contributed by atoms with Gasteiger partial charge in [0.15, 0.2) is 5.69 Å². The van der Waals surface area contributed by atoms with Crippen LogP contribution in [-0.2, 0) is 0 Å². The number of aromatic nitrogens is 3. The number of carbonyl (C=O) groups is 1. The number of carbonyl (C=O) groups excluding carboxylic acids is 1. The number of rotatable bonds is 4. The number of nitrogens with zero attached hydrogens (tertiary/aromatic N) is 3. The fraction of sp³-hybridized carbons (Fsp3) is 0.150. The van der Waals surface area contributed by atoms with Gasteiger partial charge in [0, 0.05) is 5.69 Å². The van der Waals surface area contributed by atoms with Crippen LogP contribution in [0.2, 0.25) is 0 Å². The van der Waals surface area contributed by atoms with E-state index in [2.05, 4.69) is 15.4 Å². The number of hydrogen-bond acceptors (Lipinski definition) is 4. The second-order valence-electron chi connectivity index (χ2n) is 6.45. The Bertz CT molecular complexity index is 1080. The molecule has 0 atom stereocenters. The first-order valence-electron chi connectivity index (χ1n) is 8.54. The van der Waals surface area contributed by atoms with Crippen molar-refractivity contribution in [2.45, 2.75) is 19.8 Å². The minimum atomic E-state index is -0.352. The van der Waals surface area contributed by atoms with Gasteiger partial charge in [-0.3, -0.25) is 4.79 Å². The number of fused-ring (bicyclic) bond motifs is 1. The highest BCUT2D eigenvalue weighted by molar-refractivity contribution is 7.20. The molecule has 0 radical (unpaired) electrons. The highest BCUT2D eigenvalue weighted by Gasteiger charge is 2.19. The van der Waals surface area contributed by atoms with E-state index in [1.165, 1.54) is 35.6 Å². The van der Waals surface area contributed by atoms with E-state index >= 15 is 0 Å². The van der Waals surface area contributed by atoms with Crippen LogP contribution in [0.15, 0.2) is 54.6 Å². The maximum atomic E-state index is 13.0. The molecule has 0 unspecified atom stereocenters. The van der Waals surface area contributed by atoms with Crippen molar-refractivity contribution in [1.29, 1.82) is 0 Å². The topological polar surface area (TPSA) is 59.8 Å². The predicted octanol–water partition coefficient (Wildman–Crippen LogP) is 5.00. The van der Waals surface area contributed by atoms with Crippen LogP contribution in [0.5, 0.6) is 0 Å². The molecule has 0 fully saturated rings. The Morgan fingerprint density at radius 3 is 2.59 bits per heavy atom. The monoisotopic (exact) mass is 380 g/mol. The second-order valence-corrected chi connectivity index (χ2v) is 7.46. The van der Waals surface area contributed by atoms with Crippen molar-refractivity contribution >= 4 is 33.1 Å². The zero-order chi connectivity index (χ0) is 19.0. The van der Waals surface area contributed by atoms with Crippen LogP contribution in [0.1, 0.15) is 35.9 Å². The van der Waals surface area contributed by atoms with Gasteiger partial charge in [-0.1, -0.05) is 37.3 Å². The molecule has 0 spiro atoms. The standard InChI is InChI=1S/C20H17FN4OS/c1-12(2)17-11-16(19(26)22-14-9-7-13(21)8-10-14)24-25(17)20-23-15-5-3-4-6-18(15)27-20/h3-12H,1-2H3,(H,22,26). The van der Waals surface area contributed by atoms with E-state index in [9.17, 15) is 9.18 Å². The first-order chi connectivity index (χ1) is 13.0. The predicted molar refractivity (Wildman–Crippen MR) is 105 cm³/mol. The van der Waals surface area contributed by atoms with E-state index in [-0.39, 0.29) is 17.6 Å². The van der Waals surface area contributed by atoms with Gasteiger partial charge in [0.05, 0.1) is 15.9 Å². The van der Waals surface area contributed by atoms with E-state index in [0.717, 1.165) is 21.0 Å². The van der Waals surface area contributed by atoms with Crippen molar-refractivity contribution in [2.24, 2.45) is 0 Å². The third kappa shape index (κ3) is 3.46. The number of halogens is 1. The summed E-state index contributed by atoms with van der Waals surface area (Å²) in [4.78, 5) is 17.2. The molecule has 2 aromatic carbocycles. The van der Waals surface area contributed by atoms with Crippen molar-refractivity contribution in [3.63, 3.8) is 0 Å². The number of para-hydroxylation sites is 1. The SMILES string of the molecule is CC(C)c1cc(C(=O)Nc2ccc(F)cc2)nn1-c1nc2ccccc2s1. The lowest BCUT2D eigenvalue weighted by molar-refractivity contribution is 0.102. The van der Waals surface area contributed by atoms with Gasteiger partial charge in [0.25, 0.3) is 5.91 Å². The molecular weight excluding hydrogens is 363 g/mol. The van der Waals surface area contributed by atoms with Gasteiger partial charge in [-0.05, 0) is 48.4 Å². The lowest BCUT2D eigenvalue weighted by Crippen LogP contribution is -2.13. The summed E-state index contributed by atoms with van der Waals surface area (Å²) in [6, 6.07) is 15.3. The molecule has 27 heavy (non-hydrogen) atoms. The van der Waals surface area contributed by atoms with E-state index in [1.807, 2.05) is 38.1 Å². The van der Waals surface area contributed by atoms with Crippen molar-refractivity contribution in [1.82, 2.24) is 14.8 Å². The Hall–Kier alpha value is -3.06. The molecule has 0 aliphatic carbocycles. The Balaban J connectivity index is 1.69. The molecule has 1 N–H and O–H groups in total. The first-order valence-corrected chi connectivity index (χ1v) is 9.36. The Kier molecular flexibility index (Phi) is 4.45. The van der Waals surface area contributed by atoms with Gasteiger partial charge in [0.1, 0.15) is 5.82 Å². The summed E-state index contributed by atoms with van der Waals surface area (Å²) < 4.78 is 15.8. The third-order valence-corrected chi connectivity index (χ3v) is 5.14. The third-order valence-electron chi connectivity index (χ3n) is 4.13. The molecular formula is C20H17FN4OS. The second kappa shape index (κ2) is 6.92. The fourth-order valence-electron chi connectivity index (χ4n) is 2.75. The van der Waals surface area contributed by atoms with Crippen LogP contribution in [0.4, 0.5) is 10.1 Å². The maximum absolute atomic E-state index is 13.0. The van der Waals surface area contributed by atoms with Gasteiger partial charge in [-0.25, -0.2) is 14.1 Å². The minimum absolute atomic E-state index is 0.164. The molecule has 0 aliphatic rings. The highest BCUT2D eigenvalue weighted by atomic mass is 32.1. The summed E-state index contributed by atoms with van der Waals surface area (Å²) >= 11 is 1.53. The van der Waals surface area contributed by atoms with Crippen molar-refractivity contribution in [2.75, 3.05) is 5.32 Å². The van der Waals surface area contributed by atoms with Crippen LogP contribution >= 0.6 is 11.3 Å². The molecule has 2 aromatic heterocycles. The number of hydrogen-bond donors (Lipinski definition) is 1. The van der Waals surface area contributed by atoms with Gasteiger partial charge < -0.3 is 5.32 Å². The molecule has 2 heterocycles. The Labute approximate surface area is 159 Å². The maximum Gasteiger partial charge on any atom is 0.276 e. The largest absolute Gasteiger partial charge is 0.321 e. The summed E-state index contributed by atoms with van der Waals surface area (Å²) in [7, 11) is 0. The van der Waals surface area contributed by atoms with E-state index in [4.69, 9.17) is 0 Å². The average Bonchev–Trinajstić information content (AvgIpc) is 3.27. The van der Waals surface area contributed by atoms with Crippen LogP contribution in [0.25, 0.3) is 15.3 Å². The lowest BCUT2D eigenvalue weighted by Gasteiger charge is -2.05. The minimum Gasteiger partial charge on any atom is -0.321 e. The summed E-state index contributed by atoms with van der Waals surface area (Å²) in [5.74, 6) is -0.532. The van der Waals surface area contributed by atoms with Crippen molar-refractivity contribution in [3.05, 3.63) is 71.8 Å². The van der Waals surface area contributed by atoms with E-state index in [1.54, 1.807) is 10.7 Å². The normalized spacial score (nSPS) is 11.3. The summed E-state index contributed by atoms with van der Waals surface area (Å²) in [6.45, 7) is 4.09. The van der Waals surface area contributed by atoms with Crippen LogP contribution in [0.3, 0.4) is 0 Å². The molecule has 1 amide bonds. The average molecular weight is 380 g/mol. The molecule has 0 aliphatic heterocycles.